The highest BCUT2D eigenvalue weighted by Crippen LogP contribution is 2.28. The molecule has 0 bridgehead atoms. The number of ether oxygens (including phenoxy) is 1. The van der Waals surface area contributed by atoms with Gasteiger partial charge in [0, 0.05) is 12.1 Å². The van der Waals surface area contributed by atoms with Crippen molar-refractivity contribution in [3.05, 3.63) is 29.3 Å². The summed E-state index contributed by atoms with van der Waals surface area (Å²) >= 11 is 0. The third-order valence-corrected chi connectivity index (χ3v) is 3.44. The lowest BCUT2D eigenvalue weighted by molar-refractivity contribution is -0.128. The van der Waals surface area contributed by atoms with Gasteiger partial charge >= 0.3 is 0 Å². The fraction of sp³-hybridized carbons (Fsp3) is 0.588. The Balaban J connectivity index is 0.00000441. The molecular formula is C17H29ClN2O2. The smallest absolute Gasteiger partial charge is 0.261 e. The van der Waals surface area contributed by atoms with E-state index in [0.29, 0.717) is 12.5 Å². The van der Waals surface area contributed by atoms with Crippen LogP contribution in [0.3, 0.4) is 0 Å². The maximum atomic E-state index is 12.2. The van der Waals surface area contributed by atoms with Crippen molar-refractivity contribution >= 4 is 18.3 Å². The second-order valence-corrected chi connectivity index (χ2v) is 6.53. The van der Waals surface area contributed by atoms with Gasteiger partial charge in [-0.3, -0.25) is 4.79 Å². The molecule has 3 N–H and O–H groups in total. The summed E-state index contributed by atoms with van der Waals surface area (Å²) in [5.41, 5.74) is 7.43. The second-order valence-electron chi connectivity index (χ2n) is 6.53. The molecule has 0 aliphatic heterocycles. The molecule has 0 saturated heterocycles. The first-order valence-electron chi connectivity index (χ1n) is 7.45. The van der Waals surface area contributed by atoms with E-state index in [4.69, 9.17) is 10.5 Å². The summed E-state index contributed by atoms with van der Waals surface area (Å²) < 4.78 is 5.89. The molecule has 0 radical (unpaired) electrons. The van der Waals surface area contributed by atoms with Crippen LogP contribution in [0.2, 0.25) is 0 Å². The van der Waals surface area contributed by atoms with Crippen LogP contribution in [0.5, 0.6) is 5.75 Å². The van der Waals surface area contributed by atoms with Crippen molar-refractivity contribution in [3.63, 3.8) is 0 Å². The Kier molecular flexibility index (Phi) is 7.91. The molecule has 0 fully saturated rings. The number of hydrogen-bond donors (Lipinski definition) is 2. The molecule has 1 amide bonds. The molecule has 0 aromatic heterocycles. The largest absolute Gasteiger partial charge is 0.481 e. The normalized spacial score (nSPS) is 12.5. The van der Waals surface area contributed by atoms with Crippen LogP contribution in [-0.2, 0) is 4.79 Å². The van der Waals surface area contributed by atoms with Crippen LogP contribution in [0.1, 0.15) is 51.7 Å². The van der Waals surface area contributed by atoms with Gasteiger partial charge in [-0.2, -0.15) is 0 Å². The second kappa shape index (κ2) is 8.39. The molecule has 0 saturated carbocycles. The number of nitrogens with two attached hydrogens (primary N) is 1. The van der Waals surface area contributed by atoms with E-state index in [2.05, 4.69) is 31.3 Å². The van der Waals surface area contributed by atoms with Crippen LogP contribution in [0, 0.1) is 6.92 Å². The van der Waals surface area contributed by atoms with E-state index in [1.165, 1.54) is 0 Å². The van der Waals surface area contributed by atoms with E-state index in [9.17, 15) is 4.79 Å². The Morgan fingerprint density at radius 2 is 1.91 bits per heavy atom. The molecule has 4 nitrogen and oxygen atoms in total. The lowest BCUT2D eigenvalue weighted by Crippen LogP contribution is -2.52. The minimum absolute atomic E-state index is 0. The summed E-state index contributed by atoms with van der Waals surface area (Å²) in [4.78, 5) is 12.2. The number of nitrogens with one attached hydrogen (secondary N) is 1. The average Bonchev–Trinajstić information content (AvgIpc) is 2.37. The Morgan fingerprint density at radius 1 is 1.32 bits per heavy atom. The van der Waals surface area contributed by atoms with Gasteiger partial charge in [-0.25, -0.2) is 0 Å². The van der Waals surface area contributed by atoms with Gasteiger partial charge in [0.25, 0.3) is 5.91 Å². The fourth-order valence-electron chi connectivity index (χ4n) is 1.95. The average molecular weight is 329 g/mol. The standard InChI is InChI=1S/C17H28N2O2.ClH/c1-11(2)14-8-7-12(3)9-15(14)21-13(4)16(20)19-17(5,6)10-18;/h7-9,11,13H,10,18H2,1-6H3,(H,19,20);1H. The number of aryl methyl sites for hydroxylation is 1. The summed E-state index contributed by atoms with van der Waals surface area (Å²) in [5, 5.41) is 2.90. The summed E-state index contributed by atoms with van der Waals surface area (Å²) in [6.07, 6.45) is -0.560. The number of amides is 1. The van der Waals surface area contributed by atoms with Gasteiger partial charge in [0.15, 0.2) is 6.10 Å². The Morgan fingerprint density at radius 3 is 2.41 bits per heavy atom. The van der Waals surface area contributed by atoms with Crippen LogP contribution >= 0.6 is 12.4 Å². The van der Waals surface area contributed by atoms with Crippen LogP contribution in [-0.4, -0.2) is 24.1 Å². The zero-order chi connectivity index (χ0) is 16.2. The molecule has 1 aromatic rings. The van der Waals surface area contributed by atoms with Crippen molar-refractivity contribution in [1.82, 2.24) is 5.32 Å². The lowest BCUT2D eigenvalue weighted by atomic mass is 10.0. The van der Waals surface area contributed by atoms with Gasteiger partial charge < -0.3 is 15.8 Å². The third-order valence-electron chi connectivity index (χ3n) is 3.44. The molecule has 5 heteroatoms. The molecule has 1 unspecified atom stereocenters. The lowest BCUT2D eigenvalue weighted by Gasteiger charge is -2.27. The Bertz CT molecular complexity index is 501. The first-order valence-corrected chi connectivity index (χ1v) is 7.45. The number of rotatable bonds is 6. The number of benzene rings is 1. The van der Waals surface area contributed by atoms with Crippen molar-refractivity contribution in [2.45, 2.75) is 59.1 Å². The topological polar surface area (TPSA) is 64.3 Å². The number of hydrogen-bond acceptors (Lipinski definition) is 3. The minimum atomic E-state index is -0.560. The molecule has 1 atom stereocenters. The molecule has 0 aliphatic rings. The quantitative estimate of drug-likeness (QED) is 0.843. The van der Waals surface area contributed by atoms with Gasteiger partial charge in [0.1, 0.15) is 5.75 Å². The Hall–Kier alpha value is -1.26. The van der Waals surface area contributed by atoms with Crippen molar-refractivity contribution in [2.24, 2.45) is 5.73 Å². The molecular weight excluding hydrogens is 300 g/mol. The molecule has 1 aromatic carbocycles. The van der Waals surface area contributed by atoms with Gasteiger partial charge in [0.05, 0.1) is 0 Å². The highest BCUT2D eigenvalue weighted by molar-refractivity contribution is 5.85. The molecule has 0 spiro atoms. The minimum Gasteiger partial charge on any atom is -0.481 e. The summed E-state index contributed by atoms with van der Waals surface area (Å²) in [6.45, 7) is 12.2. The molecule has 0 aliphatic carbocycles. The van der Waals surface area contributed by atoms with Crippen LogP contribution in [0.25, 0.3) is 0 Å². The van der Waals surface area contributed by atoms with Crippen molar-refractivity contribution in [2.75, 3.05) is 6.54 Å². The molecule has 1 rings (SSSR count). The van der Waals surface area contributed by atoms with E-state index in [0.717, 1.165) is 16.9 Å². The predicted octanol–water partition coefficient (Wildman–Crippen LogP) is 3.16. The Labute approximate surface area is 140 Å². The highest BCUT2D eigenvalue weighted by atomic mass is 35.5. The van der Waals surface area contributed by atoms with Crippen LogP contribution in [0.15, 0.2) is 18.2 Å². The van der Waals surface area contributed by atoms with E-state index < -0.39 is 11.6 Å². The number of carbonyl (C=O) groups is 1. The van der Waals surface area contributed by atoms with Crippen molar-refractivity contribution in [3.8, 4) is 5.75 Å². The van der Waals surface area contributed by atoms with E-state index in [1.807, 2.05) is 26.8 Å². The molecule has 22 heavy (non-hydrogen) atoms. The summed E-state index contributed by atoms with van der Waals surface area (Å²) in [5.74, 6) is 0.969. The number of carbonyl (C=O) groups excluding carboxylic acids is 1. The van der Waals surface area contributed by atoms with Gasteiger partial charge in [-0.1, -0.05) is 26.0 Å². The van der Waals surface area contributed by atoms with Gasteiger partial charge in [0.2, 0.25) is 0 Å². The zero-order valence-electron chi connectivity index (χ0n) is 14.4. The highest BCUT2D eigenvalue weighted by Gasteiger charge is 2.24. The monoisotopic (exact) mass is 328 g/mol. The number of halogens is 1. The van der Waals surface area contributed by atoms with E-state index in [1.54, 1.807) is 6.92 Å². The van der Waals surface area contributed by atoms with Crippen molar-refractivity contribution in [1.29, 1.82) is 0 Å². The molecule has 0 heterocycles. The third kappa shape index (κ3) is 5.85. The maximum absolute atomic E-state index is 12.2. The molecule has 126 valence electrons. The van der Waals surface area contributed by atoms with Gasteiger partial charge in [-0.15, -0.1) is 12.4 Å². The first kappa shape index (κ1) is 20.7. The summed E-state index contributed by atoms with van der Waals surface area (Å²) in [7, 11) is 0. The summed E-state index contributed by atoms with van der Waals surface area (Å²) in [6, 6.07) is 6.10. The van der Waals surface area contributed by atoms with Crippen molar-refractivity contribution < 1.29 is 9.53 Å². The fourth-order valence-corrected chi connectivity index (χ4v) is 1.95. The van der Waals surface area contributed by atoms with E-state index in [-0.39, 0.29) is 18.3 Å². The van der Waals surface area contributed by atoms with Gasteiger partial charge in [-0.05, 0) is 50.8 Å². The van der Waals surface area contributed by atoms with E-state index >= 15 is 0 Å². The SMILES string of the molecule is Cc1ccc(C(C)C)c(OC(C)C(=O)NC(C)(C)CN)c1.Cl. The zero-order valence-corrected chi connectivity index (χ0v) is 15.2. The predicted molar refractivity (Wildman–Crippen MR) is 93.9 cm³/mol. The van der Waals surface area contributed by atoms with Crippen LogP contribution < -0.4 is 15.8 Å². The maximum Gasteiger partial charge on any atom is 0.261 e. The first-order chi connectivity index (χ1) is 9.66. The van der Waals surface area contributed by atoms with Crippen LogP contribution in [0.4, 0.5) is 0 Å².